The molecule has 0 saturated heterocycles. The number of carboxylic acid groups (broad SMARTS) is 1. The molecule has 1 unspecified atom stereocenters. The number of carbonyl (C=O) groups is 1. The van der Waals surface area contributed by atoms with E-state index in [1.807, 2.05) is 48.5 Å². The van der Waals surface area contributed by atoms with Crippen LogP contribution >= 0.6 is 15.9 Å². The number of halogens is 1. The molecule has 0 radical (unpaired) electrons. The number of benzene rings is 2. The van der Waals surface area contributed by atoms with E-state index in [1.165, 1.54) is 5.56 Å². The van der Waals surface area contributed by atoms with Crippen LogP contribution in [0.5, 0.6) is 0 Å². The Morgan fingerprint density at radius 3 is 2.50 bits per heavy atom. The van der Waals surface area contributed by atoms with E-state index in [0.29, 0.717) is 0 Å². The number of anilines is 1. The molecule has 104 valence electrons. The normalized spacial score (nSPS) is 11.9. The lowest BCUT2D eigenvalue weighted by atomic mass is 10.0. The standard InChI is InChI=1S/C16H16BrNO2/c1-2-11-6-8-12(9-7-11)15(16(19)20)18-14-5-3-4-13(17)10-14/h3-10,15,18H,2H2,1H3,(H,19,20). The van der Waals surface area contributed by atoms with Gasteiger partial charge in [-0.15, -0.1) is 0 Å². The van der Waals surface area contributed by atoms with Crippen molar-refractivity contribution in [3.8, 4) is 0 Å². The van der Waals surface area contributed by atoms with Gasteiger partial charge in [0.05, 0.1) is 0 Å². The van der Waals surface area contributed by atoms with Gasteiger partial charge in [0.25, 0.3) is 0 Å². The lowest BCUT2D eigenvalue weighted by molar-refractivity contribution is -0.138. The highest BCUT2D eigenvalue weighted by Gasteiger charge is 2.19. The molecule has 0 fully saturated rings. The van der Waals surface area contributed by atoms with Gasteiger partial charge in [0, 0.05) is 10.2 Å². The lowest BCUT2D eigenvalue weighted by Gasteiger charge is -2.16. The first-order chi connectivity index (χ1) is 9.60. The predicted molar refractivity (Wildman–Crippen MR) is 84.0 cm³/mol. The first-order valence-corrected chi connectivity index (χ1v) is 7.23. The van der Waals surface area contributed by atoms with Gasteiger partial charge in [0.1, 0.15) is 0 Å². The number of nitrogens with one attached hydrogen (secondary N) is 1. The van der Waals surface area contributed by atoms with E-state index in [1.54, 1.807) is 0 Å². The maximum atomic E-state index is 11.5. The fraction of sp³-hybridized carbons (Fsp3) is 0.188. The van der Waals surface area contributed by atoms with Crippen LogP contribution in [0.2, 0.25) is 0 Å². The van der Waals surface area contributed by atoms with Crippen molar-refractivity contribution in [2.45, 2.75) is 19.4 Å². The molecule has 0 bridgehead atoms. The highest BCUT2D eigenvalue weighted by Crippen LogP contribution is 2.23. The van der Waals surface area contributed by atoms with Crippen molar-refractivity contribution in [2.24, 2.45) is 0 Å². The summed E-state index contributed by atoms with van der Waals surface area (Å²) in [5.74, 6) is -0.894. The summed E-state index contributed by atoms with van der Waals surface area (Å²) in [7, 11) is 0. The van der Waals surface area contributed by atoms with Crippen LogP contribution in [-0.4, -0.2) is 11.1 Å². The lowest BCUT2D eigenvalue weighted by Crippen LogP contribution is -2.20. The summed E-state index contributed by atoms with van der Waals surface area (Å²) in [4.78, 5) is 11.5. The zero-order valence-corrected chi connectivity index (χ0v) is 12.7. The molecular formula is C16H16BrNO2. The van der Waals surface area contributed by atoms with E-state index in [9.17, 15) is 9.90 Å². The molecule has 3 nitrogen and oxygen atoms in total. The van der Waals surface area contributed by atoms with Crippen molar-refractivity contribution in [1.29, 1.82) is 0 Å². The summed E-state index contributed by atoms with van der Waals surface area (Å²) in [5.41, 5.74) is 2.71. The monoisotopic (exact) mass is 333 g/mol. The third-order valence-corrected chi connectivity index (χ3v) is 3.60. The van der Waals surface area contributed by atoms with E-state index in [-0.39, 0.29) is 0 Å². The van der Waals surface area contributed by atoms with Crippen molar-refractivity contribution in [2.75, 3.05) is 5.32 Å². The third kappa shape index (κ3) is 3.61. The Kier molecular flexibility index (Phi) is 4.79. The minimum Gasteiger partial charge on any atom is -0.479 e. The highest BCUT2D eigenvalue weighted by atomic mass is 79.9. The SMILES string of the molecule is CCc1ccc(C(Nc2cccc(Br)c2)C(=O)O)cc1. The molecule has 0 aliphatic heterocycles. The maximum absolute atomic E-state index is 11.5. The van der Waals surface area contributed by atoms with Gasteiger partial charge in [0.15, 0.2) is 6.04 Å². The molecule has 1 atom stereocenters. The highest BCUT2D eigenvalue weighted by molar-refractivity contribution is 9.10. The summed E-state index contributed by atoms with van der Waals surface area (Å²) in [6, 6.07) is 14.4. The van der Waals surface area contributed by atoms with E-state index >= 15 is 0 Å². The molecule has 0 heterocycles. The number of aliphatic carboxylic acids is 1. The van der Waals surface area contributed by atoms with Crippen LogP contribution in [-0.2, 0) is 11.2 Å². The molecule has 0 saturated carbocycles. The Morgan fingerprint density at radius 1 is 1.25 bits per heavy atom. The average Bonchev–Trinajstić information content (AvgIpc) is 2.45. The Bertz CT molecular complexity index is 596. The number of carboxylic acids is 1. The molecule has 0 aliphatic carbocycles. The smallest absolute Gasteiger partial charge is 0.330 e. The van der Waals surface area contributed by atoms with Gasteiger partial charge < -0.3 is 10.4 Å². The number of rotatable bonds is 5. The van der Waals surface area contributed by atoms with Crippen molar-refractivity contribution >= 4 is 27.6 Å². The van der Waals surface area contributed by atoms with Gasteiger partial charge in [-0.05, 0) is 35.7 Å². The molecule has 0 amide bonds. The van der Waals surface area contributed by atoms with Crippen molar-refractivity contribution in [3.05, 3.63) is 64.1 Å². The summed E-state index contributed by atoms with van der Waals surface area (Å²) < 4.78 is 0.910. The summed E-state index contributed by atoms with van der Waals surface area (Å²) >= 11 is 3.38. The Morgan fingerprint density at radius 2 is 1.95 bits per heavy atom. The minimum absolute atomic E-state index is 0.745. The fourth-order valence-corrected chi connectivity index (χ4v) is 2.38. The van der Waals surface area contributed by atoms with Crippen LogP contribution < -0.4 is 5.32 Å². The first kappa shape index (κ1) is 14.6. The molecule has 0 aliphatic rings. The molecule has 2 N–H and O–H groups in total. The van der Waals surface area contributed by atoms with Crippen LogP contribution in [0, 0.1) is 0 Å². The summed E-state index contributed by atoms with van der Waals surface area (Å²) in [6.07, 6.45) is 0.942. The van der Waals surface area contributed by atoms with E-state index in [0.717, 1.165) is 22.1 Å². The molecule has 2 aromatic carbocycles. The average molecular weight is 334 g/mol. The third-order valence-electron chi connectivity index (χ3n) is 3.10. The van der Waals surface area contributed by atoms with Gasteiger partial charge >= 0.3 is 5.97 Å². The minimum atomic E-state index is -0.894. The van der Waals surface area contributed by atoms with Gasteiger partial charge in [-0.3, -0.25) is 0 Å². The molecule has 20 heavy (non-hydrogen) atoms. The largest absolute Gasteiger partial charge is 0.479 e. The van der Waals surface area contributed by atoms with Gasteiger partial charge in [-0.1, -0.05) is 53.2 Å². The fourth-order valence-electron chi connectivity index (χ4n) is 1.98. The van der Waals surface area contributed by atoms with Crippen LogP contribution in [0.3, 0.4) is 0 Å². The molecule has 2 rings (SSSR count). The molecule has 4 heteroatoms. The molecular weight excluding hydrogens is 318 g/mol. The van der Waals surface area contributed by atoms with Crippen LogP contribution in [0.25, 0.3) is 0 Å². The molecule has 0 aromatic heterocycles. The van der Waals surface area contributed by atoms with Gasteiger partial charge in [-0.25, -0.2) is 4.79 Å². The van der Waals surface area contributed by atoms with Crippen LogP contribution in [0.15, 0.2) is 53.0 Å². The molecule has 2 aromatic rings. The van der Waals surface area contributed by atoms with E-state index in [2.05, 4.69) is 28.2 Å². The number of aryl methyl sites for hydroxylation is 1. The Labute approximate surface area is 126 Å². The second-order valence-electron chi connectivity index (χ2n) is 4.52. The topological polar surface area (TPSA) is 49.3 Å². The number of hydrogen-bond donors (Lipinski definition) is 2. The summed E-state index contributed by atoms with van der Waals surface area (Å²) in [6.45, 7) is 2.07. The predicted octanol–water partition coefficient (Wildman–Crippen LogP) is 4.25. The second kappa shape index (κ2) is 6.57. The second-order valence-corrected chi connectivity index (χ2v) is 5.44. The van der Waals surface area contributed by atoms with E-state index < -0.39 is 12.0 Å². The van der Waals surface area contributed by atoms with Crippen molar-refractivity contribution in [3.63, 3.8) is 0 Å². The Hall–Kier alpha value is -1.81. The molecule has 0 spiro atoms. The zero-order chi connectivity index (χ0) is 14.5. The first-order valence-electron chi connectivity index (χ1n) is 6.44. The van der Waals surface area contributed by atoms with Crippen molar-refractivity contribution in [1.82, 2.24) is 0 Å². The maximum Gasteiger partial charge on any atom is 0.330 e. The van der Waals surface area contributed by atoms with E-state index in [4.69, 9.17) is 0 Å². The zero-order valence-electron chi connectivity index (χ0n) is 11.1. The van der Waals surface area contributed by atoms with Gasteiger partial charge in [-0.2, -0.15) is 0 Å². The summed E-state index contributed by atoms with van der Waals surface area (Å²) in [5, 5.41) is 12.5. The van der Waals surface area contributed by atoms with Gasteiger partial charge in [0.2, 0.25) is 0 Å². The van der Waals surface area contributed by atoms with Crippen LogP contribution in [0.4, 0.5) is 5.69 Å². The van der Waals surface area contributed by atoms with Crippen LogP contribution in [0.1, 0.15) is 24.1 Å². The number of hydrogen-bond acceptors (Lipinski definition) is 2. The Balaban J connectivity index is 2.24. The quantitative estimate of drug-likeness (QED) is 0.859. The van der Waals surface area contributed by atoms with Crippen molar-refractivity contribution < 1.29 is 9.90 Å².